The smallest absolute Gasteiger partial charge is 0.264 e. The summed E-state index contributed by atoms with van der Waals surface area (Å²) in [4.78, 5) is 0. The highest BCUT2D eigenvalue weighted by Crippen LogP contribution is 1.89. The zero-order chi connectivity index (χ0) is 7.33. The molecule has 0 saturated heterocycles. The largest absolute Gasteiger partial charge is 0.266 e. The molecule has 0 aliphatic rings. The number of rotatable bonds is 3. The molecule has 0 aromatic carbocycles. The molecule has 0 amide bonds. The Kier molecular flexibility index (Phi) is 4.41. The first-order chi connectivity index (χ1) is 4.06. The Labute approximate surface area is 68.4 Å². The van der Waals surface area contributed by atoms with Gasteiger partial charge in [0.1, 0.15) is 0 Å². The van der Waals surface area contributed by atoms with Crippen LogP contribution >= 0.6 is 22.6 Å². The lowest BCUT2D eigenvalue weighted by molar-refractivity contribution is 0.362. The molecule has 0 atom stereocenters. The molecule has 54 valence electrons. The maximum Gasteiger partial charge on any atom is 0.264 e. The predicted octanol–water partition coefficient (Wildman–Crippen LogP) is 0.911. The number of hydrogen-bond donors (Lipinski definition) is 0. The molecule has 0 rings (SSSR count). The molecular formula is C4H7IO3S. The van der Waals surface area contributed by atoms with Crippen LogP contribution in [0, 0.1) is 0 Å². The van der Waals surface area contributed by atoms with Crippen molar-refractivity contribution < 1.29 is 12.6 Å². The zero-order valence-corrected chi connectivity index (χ0v) is 7.85. The first-order valence-corrected chi connectivity index (χ1v) is 5.22. The average molecular weight is 262 g/mol. The number of hydrogen-bond acceptors (Lipinski definition) is 3. The molecule has 0 aromatic heterocycles. The molecule has 5 heteroatoms. The molecule has 0 heterocycles. The molecule has 0 aliphatic heterocycles. The Morgan fingerprint density at radius 3 is 2.56 bits per heavy atom. The van der Waals surface area contributed by atoms with Crippen LogP contribution in [-0.2, 0) is 14.3 Å². The van der Waals surface area contributed by atoms with Crippen LogP contribution in [0.3, 0.4) is 0 Å². The minimum absolute atomic E-state index is 0.127. The van der Waals surface area contributed by atoms with Gasteiger partial charge in [0.25, 0.3) is 10.1 Å². The van der Waals surface area contributed by atoms with Crippen molar-refractivity contribution in [3.63, 3.8) is 0 Å². The van der Waals surface area contributed by atoms with Crippen LogP contribution in [0.25, 0.3) is 0 Å². The lowest BCUT2D eigenvalue weighted by atomic mass is 10.7. The zero-order valence-electron chi connectivity index (χ0n) is 4.87. The number of halogens is 1. The third kappa shape index (κ3) is 8.38. The fourth-order valence-corrected chi connectivity index (χ4v) is 0.733. The molecule has 0 bridgehead atoms. The first-order valence-electron chi connectivity index (χ1n) is 2.16. The van der Waals surface area contributed by atoms with Crippen LogP contribution in [0.4, 0.5) is 0 Å². The third-order valence-corrected chi connectivity index (χ3v) is 1.54. The Bertz CT molecular complexity index is 182. The summed E-state index contributed by atoms with van der Waals surface area (Å²) >= 11 is 1.98. The summed E-state index contributed by atoms with van der Waals surface area (Å²) in [5.41, 5.74) is 0. The second-order valence-corrected chi connectivity index (χ2v) is 3.71. The van der Waals surface area contributed by atoms with Gasteiger partial charge in [0.15, 0.2) is 0 Å². The molecule has 0 fully saturated rings. The van der Waals surface area contributed by atoms with E-state index in [1.807, 2.05) is 22.6 Å². The molecular weight excluding hydrogens is 255 g/mol. The minimum atomic E-state index is -3.25. The fraction of sp³-hybridized carbons (Fsp3) is 0.500. The van der Waals surface area contributed by atoms with Gasteiger partial charge in [-0.15, -0.1) is 0 Å². The van der Waals surface area contributed by atoms with Gasteiger partial charge >= 0.3 is 0 Å². The molecule has 9 heavy (non-hydrogen) atoms. The predicted molar refractivity (Wildman–Crippen MR) is 44.0 cm³/mol. The lowest BCUT2D eigenvalue weighted by Gasteiger charge is -1.92. The van der Waals surface area contributed by atoms with E-state index in [9.17, 15) is 8.42 Å². The Hall–Kier alpha value is 0.380. The highest BCUT2D eigenvalue weighted by molar-refractivity contribution is 14.1. The van der Waals surface area contributed by atoms with Crippen LogP contribution in [0.2, 0.25) is 0 Å². The summed E-state index contributed by atoms with van der Waals surface area (Å²) in [7, 11) is -3.25. The second-order valence-electron chi connectivity index (χ2n) is 1.35. The molecule has 0 saturated carbocycles. The van der Waals surface area contributed by atoms with Crippen LogP contribution < -0.4 is 0 Å². The van der Waals surface area contributed by atoms with Crippen molar-refractivity contribution >= 4 is 32.7 Å². The van der Waals surface area contributed by atoms with Gasteiger partial charge in [-0.25, -0.2) is 0 Å². The molecule has 0 spiro atoms. The highest BCUT2D eigenvalue weighted by atomic mass is 127. The average Bonchev–Trinajstić information content (AvgIpc) is 1.63. The second kappa shape index (κ2) is 4.24. The molecule has 0 aromatic rings. The van der Waals surface area contributed by atoms with Gasteiger partial charge in [0.05, 0.1) is 12.9 Å². The van der Waals surface area contributed by atoms with Gasteiger partial charge in [-0.1, -0.05) is 28.7 Å². The summed E-state index contributed by atoms with van der Waals surface area (Å²) in [6.45, 7) is 0.127. The van der Waals surface area contributed by atoms with Crippen LogP contribution in [0.1, 0.15) is 0 Å². The van der Waals surface area contributed by atoms with E-state index in [4.69, 9.17) is 0 Å². The van der Waals surface area contributed by atoms with Gasteiger partial charge in [0, 0.05) is 0 Å². The van der Waals surface area contributed by atoms with E-state index in [2.05, 4.69) is 4.18 Å². The molecule has 0 aliphatic carbocycles. The first kappa shape index (κ1) is 9.38. The summed E-state index contributed by atoms with van der Waals surface area (Å²) in [5, 5.41) is 0. The third-order valence-electron chi connectivity index (χ3n) is 0.467. The van der Waals surface area contributed by atoms with Gasteiger partial charge < -0.3 is 0 Å². The van der Waals surface area contributed by atoms with Crippen molar-refractivity contribution in [1.82, 2.24) is 0 Å². The topological polar surface area (TPSA) is 43.4 Å². The van der Waals surface area contributed by atoms with Crippen LogP contribution in [-0.4, -0.2) is 21.3 Å². The monoisotopic (exact) mass is 262 g/mol. The molecule has 0 radical (unpaired) electrons. The Morgan fingerprint density at radius 2 is 2.22 bits per heavy atom. The van der Waals surface area contributed by atoms with Crippen LogP contribution in [0.5, 0.6) is 0 Å². The van der Waals surface area contributed by atoms with E-state index in [-0.39, 0.29) is 6.61 Å². The Morgan fingerprint density at radius 1 is 1.67 bits per heavy atom. The van der Waals surface area contributed by atoms with Crippen molar-refractivity contribution in [1.29, 1.82) is 0 Å². The Balaban J connectivity index is 3.53. The summed E-state index contributed by atoms with van der Waals surface area (Å²) < 4.78 is 26.5. The maximum absolute atomic E-state index is 10.2. The normalized spacial score (nSPS) is 12.7. The van der Waals surface area contributed by atoms with Crippen molar-refractivity contribution in [2.24, 2.45) is 0 Å². The standard InChI is InChI=1S/C4H7IO3S/c1-9(6,7)8-4-2-3-5/h2-3H,4H2,1H3. The molecule has 0 N–H and O–H groups in total. The minimum Gasteiger partial charge on any atom is -0.266 e. The lowest BCUT2D eigenvalue weighted by Crippen LogP contribution is -2.01. The van der Waals surface area contributed by atoms with Crippen molar-refractivity contribution in [2.75, 3.05) is 12.9 Å². The molecule has 3 nitrogen and oxygen atoms in total. The van der Waals surface area contributed by atoms with Crippen molar-refractivity contribution in [3.05, 3.63) is 10.2 Å². The van der Waals surface area contributed by atoms with Gasteiger partial charge in [-0.3, -0.25) is 4.18 Å². The van der Waals surface area contributed by atoms with Gasteiger partial charge in [-0.2, -0.15) is 8.42 Å². The highest BCUT2D eigenvalue weighted by Gasteiger charge is 1.96. The van der Waals surface area contributed by atoms with E-state index in [1.165, 1.54) is 0 Å². The maximum atomic E-state index is 10.2. The van der Waals surface area contributed by atoms with E-state index in [0.717, 1.165) is 6.26 Å². The summed E-state index contributed by atoms with van der Waals surface area (Å²) in [6, 6.07) is 0. The van der Waals surface area contributed by atoms with Crippen LogP contribution in [0.15, 0.2) is 10.2 Å². The summed E-state index contributed by atoms with van der Waals surface area (Å²) in [5.74, 6) is 0. The van der Waals surface area contributed by atoms with Crippen molar-refractivity contribution in [2.45, 2.75) is 0 Å². The van der Waals surface area contributed by atoms with E-state index in [1.54, 1.807) is 10.2 Å². The molecule has 0 unspecified atom stereocenters. The van der Waals surface area contributed by atoms with E-state index >= 15 is 0 Å². The summed E-state index contributed by atoms with van der Waals surface area (Å²) in [6.07, 6.45) is 2.63. The van der Waals surface area contributed by atoms with Crippen molar-refractivity contribution in [3.8, 4) is 0 Å². The van der Waals surface area contributed by atoms with Gasteiger partial charge in [0.2, 0.25) is 0 Å². The van der Waals surface area contributed by atoms with E-state index < -0.39 is 10.1 Å². The van der Waals surface area contributed by atoms with Gasteiger partial charge in [-0.05, 0) is 4.08 Å². The quantitative estimate of drug-likeness (QED) is 0.561. The SMILES string of the molecule is CS(=O)(=O)OCC=CI. The fourth-order valence-electron chi connectivity index (χ4n) is 0.199. The van der Waals surface area contributed by atoms with E-state index in [0.29, 0.717) is 0 Å².